The van der Waals surface area contributed by atoms with Crippen LogP contribution < -0.4 is 5.32 Å². The molecule has 6 heteroatoms. The van der Waals surface area contributed by atoms with Crippen molar-refractivity contribution in [2.24, 2.45) is 0 Å². The van der Waals surface area contributed by atoms with Gasteiger partial charge in [-0.15, -0.1) is 0 Å². The fourth-order valence-electron chi connectivity index (χ4n) is 10.8. The number of hydrogen-bond acceptors (Lipinski definition) is 5. The Bertz CT molecular complexity index is 1170. The number of hydrogen-bond donors (Lipinski definition) is 3. The van der Waals surface area contributed by atoms with Crippen LogP contribution in [0, 0.1) is 0 Å². The van der Waals surface area contributed by atoms with E-state index in [0.717, 1.165) is 51.4 Å². The minimum absolute atomic E-state index is 0.00455. The number of rotatable bonds is 64. The molecule has 75 heavy (non-hydrogen) atoms. The van der Waals surface area contributed by atoms with Crippen LogP contribution in [0.5, 0.6) is 0 Å². The Morgan fingerprint density at radius 3 is 1.05 bits per heavy atom. The minimum atomic E-state index is -0.668. The van der Waals surface area contributed by atoms with E-state index in [0.29, 0.717) is 25.9 Å². The van der Waals surface area contributed by atoms with E-state index in [-0.39, 0.29) is 18.5 Å². The Morgan fingerprint density at radius 2 is 0.680 bits per heavy atom. The van der Waals surface area contributed by atoms with Gasteiger partial charge in [0.1, 0.15) is 0 Å². The van der Waals surface area contributed by atoms with Crippen LogP contribution in [0.15, 0.2) is 24.3 Å². The predicted octanol–water partition coefficient (Wildman–Crippen LogP) is 21.8. The first-order chi connectivity index (χ1) is 37.0. The molecule has 0 rings (SSSR count). The molecule has 0 spiro atoms. The molecule has 0 aliphatic heterocycles. The lowest BCUT2D eigenvalue weighted by Gasteiger charge is -2.22. The second-order valence-corrected chi connectivity index (χ2v) is 23.5. The average molecular weight is 1060 g/mol. The second kappa shape index (κ2) is 64.9. The third-order valence-electron chi connectivity index (χ3n) is 16.0. The summed E-state index contributed by atoms with van der Waals surface area (Å²) in [6, 6.07) is -0.545. The Labute approximate surface area is 469 Å². The molecule has 0 fully saturated rings. The van der Waals surface area contributed by atoms with Gasteiger partial charge in [0, 0.05) is 12.8 Å². The summed E-state index contributed by atoms with van der Waals surface area (Å²) >= 11 is 0. The van der Waals surface area contributed by atoms with Gasteiger partial charge in [-0.05, 0) is 51.4 Å². The topological polar surface area (TPSA) is 95.9 Å². The van der Waals surface area contributed by atoms with Crippen molar-refractivity contribution < 1.29 is 24.5 Å². The van der Waals surface area contributed by atoms with Crippen LogP contribution in [0.4, 0.5) is 0 Å². The average Bonchev–Trinajstić information content (AvgIpc) is 3.41. The summed E-state index contributed by atoms with van der Waals surface area (Å²) in [4.78, 5) is 24.6. The molecule has 0 aliphatic rings. The molecule has 2 atom stereocenters. The number of allylic oxidation sites excluding steroid dienone is 4. The summed E-state index contributed by atoms with van der Waals surface area (Å²) < 4.78 is 5.48. The molecule has 0 heterocycles. The molecule has 0 aromatic heterocycles. The summed E-state index contributed by atoms with van der Waals surface area (Å²) in [5.41, 5.74) is 0. The zero-order valence-electron chi connectivity index (χ0n) is 50.8. The van der Waals surface area contributed by atoms with Crippen LogP contribution in [0.3, 0.4) is 0 Å². The summed E-state index contributed by atoms with van der Waals surface area (Å²) in [6.45, 7) is 4.93. The highest BCUT2D eigenvalue weighted by atomic mass is 16.5. The Kier molecular flexibility index (Phi) is 63.4. The largest absolute Gasteiger partial charge is 0.466 e. The lowest BCUT2D eigenvalue weighted by atomic mass is 10.0. The number of esters is 1. The van der Waals surface area contributed by atoms with Gasteiger partial charge in [-0.3, -0.25) is 9.59 Å². The number of nitrogens with one attached hydrogen (secondary N) is 1. The van der Waals surface area contributed by atoms with E-state index in [2.05, 4.69) is 43.5 Å². The van der Waals surface area contributed by atoms with Crippen molar-refractivity contribution in [2.75, 3.05) is 13.2 Å². The molecule has 0 radical (unpaired) electrons. The monoisotopic (exact) mass is 1060 g/mol. The van der Waals surface area contributed by atoms with Crippen LogP contribution in [0.2, 0.25) is 0 Å². The minimum Gasteiger partial charge on any atom is -0.466 e. The fraction of sp³-hybridized carbons (Fsp3) is 0.913. The molecule has 2 unspecified atom stereocenters. The maximum atomic E-state index is 12.6. The first kappa shape index (κ1) is 73.3. The number of aliphatic hydroxyl groups excluding tert-OH is 2. The summed E-state index contributed by atoms with van der Waals surface area (Å²) in [5, 5.41) is 23.4. The third-order valence-corrected chi connectivity index (χ3v) is 16.0. The zero-order chi connectivity index (χ0) is 54.3. The smallest absolute Gasteiger partial charge is 0.305 e. The molecule has 0 saturated carbocycles. The van der Waals surface area contributed by atoms with Gasteiger partial charge in [-0.1, -0.05) is 340 Å². The highest BCUT2D eigenvalue weighted by molar-refractivity contribution is 5.76. The Morgan fingerprint density at radius 1 is 0.373 bits per heavy atom. The first-order valence-corrected chi connectivity index (χ1v) is 34.1. The Hall–Kier alpha value is -1.66. The fourth-order valence-corrected chi connectivity index (χ4v) is 10.8. The van der Waals surface area contributed by atoms with Gasteiger partial charge in [-0.2, -0.15) is 0 Å². The number of aliphatic hydroxyl groups is 2. The lowest BCUT2D eigenvalue weighted by Crippen LogP contribution is -2.45. The van der Waals surface area contributed by atoms with Crippen molar-refractivity contribution in [2.45, 2.75) is 392 Å². The molecule has 3 N–H and O–H groups in total. The molecule has 444 valence electrons. The molecule has 0 bridgehead atoms. The van der Waals surface area contributed by atoms with Crippen molar-refractivity contribution in [1.29, 1.82) is 0 Å². The van der Waals surface area contributed by atoms with Crippen LogP contribution in [0.1, 0.15) is 380 Å². The van der Waals surface area contributed by atoms with E-state index in [4.69, 9.17) is 4.74 Å². The van der Waals surface area contributed by atoms with Gasteiger partial charge >= 0.3 is 5.97 Å². The van der Waals surface area contributed by atoms with Crippen molar-refractivity contribution in [3.63, 3.8) is 0 Å². The first-order valence-electron chi connectivity index (χ1n) is 34.1. The summed E-state index contributed by atoms with van der Waals surface area (Å²) in [5.74, 6) is -0.0381. The van der Waals surface area contributed by atoms with E-state index in [1.54, 1.807) is 0 Å². The van der Waals surface area contributed by atoms with Gasteiger partial charge in [0.15, 0.2) is 0 Å². The van der Waals surface area contributed by atoms with Gasteiger partial charge in [-0.25, -0.2) is 0 Å². The van der Waals surface area contributed by atoms with Gasteiger partial charge in [0.05, 0.1) is 25.4 Å². The number of amides is 1. The number of ether oxygens (including phenoxy) is 1. The maximum Gasteiger partial charge on any atom is 0.305 e. The van der Waals surface area contributed by atoms with Crippen LogP contribution in [0.25, 0.3) is 0 Å². The SMILES string of the molecule is CCCC/C=C\C/C=C\CCCCCCCC(=O)OCCCCCCCCCCCCCCCCCCCCCC(=O)NC(CO)C(O)CCCCCCCCCCCCCCCCCCCCCCCCCCC. The standard InChI is InChI=1S/C69H133NO5/c1-3-5-7-9-11-13-15-17-19-20-21-22-23-24-25-26-28-31-34-37-41-45-49-53-57-61-67(72)66(65-71)70-68(73)62-58-54-50-46-42-38-35-32-29-27-30-33-36-40-44-48-52-56-60-64-75-69(74)63-59-55-51-47-43-39-18-16-14-12-10-8-6-4-2/h10,12,16,18,66-67,71-72H,3-9,11,13-15,17,19-65H2,1-2H3,(H,70,73)/b12-10-,18-16-. The summed E-state index contributed by atoms with van der Waals surface area (Å²) in [6.07, 6.45) is 80.6. The molecule has 0 aromatic rings. The molecular formula is C69H133NO5. The summed E-state index contributed by atoms with van der Waals surface area (Å²) in [7, 11) is 0. The van der Waals surface area contributed by atoms with E-state index in [1.165, 1.54) is 295 Å². The molecule has 1 amide bonds. The van der Waals surface area contributed by atoms with E-state index < -0.39 is 12.1 Å². The van der Waals surface area contributed by atoms with Gasteiger partial charge in [0.2, 0.25) is 5.91 Å². The third kappa shape index (κ3) is 61.4. The molecule has 6 nitrogen and oxygen atoms in total. The molecule has 0 saturated heterocycles. The molecular weight excluding hydrogens is 923 g/mol. The van der Waals surface area contributed by atoms with E-state index >= 15 is 0 Å². The Balaban J connectivity index is 3.40. The number of carbonyl (C=O) groups excluding carboxylic acids is 2. The van der Waals surface area contributed by atoms with Crippen molar-refractivity contribution in [3.05, 3.63) is 24.3 Å². The van der Waals surface area contributed by atoms with Crippen LogP contribution >= 0.6 is 0 Å². The molecule has 0 aliphatic carbocycles. The van der Waals surface area contributed by atoms with Crippen molar-refractivity contribution in [3.8, 4) is 0 Å². The lowest BCUT2D eigenvalue weighted by molar-refractivity contribution is -0.143. The van der Waals surface area contributed by atoms with Crippen LogP contribution in [-0.4, -0.2) is 47.4 Å². The maximum absolute atomic E-state index is 12.6. The quantitative estimate of drug-likeness (QED) is 0.0320. The highest BCUT2D eigenvalue weighted by Gasteiger charge is 2.20. The van der Waals surface area contributed by atoms with E-state index in [9.17, 15) is 19.8 Å². The van der Waals surface area contributed by atoms with Gasteiger partial charge in [0.25, 0.3) is 0 Å². The predicted molar refractivity (Wildman–Crippen MR) is 329 cm³/mol. The second-order valence-electron chi connectivity index (χ2n) is 23.5. The normalized spacial score (nSPS) is 12.6. The number of carbonyl (C=O) groups is 2. The number of unbranched alkanes of at least 4 members (excludes halogenated alkanes) is 49. The zero-order valence-corrected chi connectivity index (χ0v) is 50.8. The van der Waals surface area contributed by atoms with Crippen molar-refractivity contribution >= 4 is 11.9 Å². The van der Waals surface area contributed by atoms with E-state index in [1.807, 2.05) is 0 Å². The van der Waals surface area contributed by atoms with Gasteiger partial charge < -0.3 is 20.3 Å². The highest BCUT2D eigenvalue weighted by Crippen LogP contribution is 2.19. The van der Waals surface area contributed by atoms with Crippen LogP contribution in [-0.2, 0) is 14.3 Å². The molecule has 0 aromatic carbocycles. The van der Waals surface area contributed by atoms with Crippen molar-refractivity contribution in [1.82, 2.24) is 5.32 Å².